The lowest BCUT2D eigenvalue weighted by molar-refractivity contribution is 0.287. The Morgan fingerprint density at radius 3 is 1.73 bits per heavy atom. The largest absolute Gasteiger partial charge is 0.489 e. The Bertz CT molecular complexity index is 3010. The summed E-state index contributed by atoms with van der Waals surface area (Å²) in [6, 6.07) is 57.4. The Kier molecular flexibility index (Phi) is 13.3. The van der Waals surface area contributed by atoms with Crippen LogP contribution in [0.1, 0.15) is 45.0 Å². The molecule has 0 radical (unpaired) electrons. The minimum absolute atomic E-state index is 0.401. The number of ether oxygens (including phenoxy) is 3. The topological polar surface area (TPSA) is 132 Å². The number of aromatic amines is 1. The number of nitrogens with zero attached hydrogens (tertiary/aromatic N) is 7. The van der Waals surface area contributed by atoms with Gasteiger partial charge in [0, 0.05) is 29.7 Å². The van der Waals surface area contributed by atoms with Crippen LogP contribution in [0.15, 0.2) is 192 Å². The van der Waals surface area contributed by atoms with Crippen molar-refractivity contribution in [3.8, 4) is 17.2 Å². The van der Waals surface area contributed by atoms with Gasteiger partial charge in [0.25, 0.3) is 0 Å². The highest BCUT2D eigenvalue weighted by Crippen LogP contribution is 2.23. The van der Waals surface area contributed by atoms with Crippen molar-refractivity contribution in [2.45, 2.75) is 45.5 Å². The van der Waals surface area contributed by atoms with Gasteiger partial charge in [0.1, 0.15) is 55.8 Å². The van der Waals surface area contributed by atoms with Gasteiger partial charge in [-0.1, -0.05) is 115 Å². The fourth-order valence-corrected chi connectivity index (χ4v) is 7.35. The van der Waals surface area contributed by atoms with Crippen LogP contribution in [-0.4, -0.2) is 37.4 Å². The monoisotopic (exact) mass is 842 g/mol. The molecular weight excluding hydrogens is 797 g/mol. The normalized spacial score (nSPS) is 11.8. The highest BCUT2D eigenvalue weighted by Gasteiger charge is 2.08. The minimum Gasteiger partial charge on any atom is -0.489 e. The van der Waals surface area contributed by atoms with E-state index < -0.39 is 0 Å². The number of aryl methyl sites for hydroxylation is 2. The van der Waals surface area contributed by atoms with E-state index in [0.29, 0.717) is 32.8 Å². The minimum atomic E-state index is 0.401. The van der Waals surface area contributed by atoms with Gasteiger partial charge in [-0.2, -0.15) is 10.2 Å². The van der Waals surface area contributed by atoms with Crippen LogP contribution in [-0.2, 0) is 45.5 Å². The first kappa shape index (κ1) is 41.3. The van der Waals surface area contributed by atoms with Gasteiger partial charge in [0.15, 0.2) is 0 Å². The van der Waals surface area contributed by atoms with E-state index in [2.05, 4.69) is 119 Å². The maximum atomic E-state index is 6.00. The van der Waals surface area contributed by atoms with Gasteiger partial charge in [0.05, 0.1) is 28.1 Å². The van der Waals surface area contributed by atoms with Crippen LogP contribution in [0, 0.1) is 0 Å². The number of pyridine rings is 2. The van der Waals surface area contributed by atoms with Gasteiger partial charge in [0.2, 0.25) is 0 Å². The number of para-hydroxylation sites is 2. The van der Waals surface area contributed by atoms with Gasteiger partial charge in [-0.3, -0.25) is 5.10 Å². The average Bonchev–Trinajstić information content (AvgIpc) is 4.07. The van der Waals surface area contributed by atoms with E-state index >= 15 is 0 Å². The molecule has 0 atom stereocenters. The van der Waals surface area contributed by atoms with E-state index in [4.69, 9.17) is 14.2 Å². The number of nitrogens with one attached hydrogen (secondary N) is 1. The van der Waals surface area contributed by atoms with Crippen molar-refractivity contribution in [1.82, 2.24) is 25.1 Å². The molecule has 11 nitrogen and oxygen atoms in total. The van der Waals surface area contributed by atoms with Crippen LogP contribution in [0.4, 0.5) is 0 Å². The second-order valence-electron chi connectivity index (χ2n) is 15.5. The van der Waals surface area contributed by atoms with Crippen LogP contribution in [0.3, 0.4) is 0 Å². The van der Waals surface area contributed by atoms with Crippen LogP contribution < -0.4 is 14.2 Å². The smallest absolute Gasteiger partial charge is 0.137 e. The van der Waals surface area contributed by atoms with Crippen molar-refractivity contribution in [3.05, 3.63) is 221 Å². The number of aromatic nitrogens is 5. The van der Waals surface area contributed by atoms with Gasteiger partial charge in [-0.15, -0.1) is 5.10 Å². The summed E-state index contributed by atoms with van der Waals surface area (Å²) >= 11 is 0. The van der Waals surface area contributed by atoms with Crippen LogP contribution in [0.25, 0.3) is 21.8 Å². The Morgan fingerprint density at radius 2 is 1.06 bits per heavy atom. The Labute approximate surface area is 371 Å². The van der Waals surface area contributed by atoms with Gasteiger partial charge >= 0.3 is 0 Å². The van der Waals surface area contributed by atoms with E-state index in [0.717, 1.165) is 92.4 Å². The number of rotatable bonds is 16. The van der Waals surface area contributed by atoms with Gasteiger partial charge in [-0.05, 0) is 94.4 Å². The Hall–Kier alpha value is -8.05. The molecule has 6 aromatic carbocycles. The molecule has 1 aliphatic rings. The molecule has 0 spiro atoms. The summed E-state index contributed by atoms with van der Waals surface area (Å²) in [5.74, 6) is 3.21. The number of hydrogen-bond acceptors (Lipinski definition) is 10. The Balaban J connectivity index is 0.000000162. The number of benzene rings is 6. The summed E-state index contributed by atoms with van der Waals surface area (Å²) in [6.45, 7) is 1.95. The highest BCUT2D eigenvalue weighted by molar-refractivity contribution is 5.89. The van der Waals surface area contributed by atoms with Crippen LogP contribution >= 0.6 is 0 Å². The van der Waals surface area contributed by atoms with E-state index in [1.165, 1.54) is 23.0 Å². The summed E-state index contributed by atoms with van der Waals surface area (Å²) < 4.78 is 17.9. The Morgan fingerprint density at radius 1 is 0.469 bits per heavy atom. The molecule has 0 unspecified atom stereocenters. The third-order valence-corrected chi connectivity index (χ3v) is 10.7. The summed E-state index contributed by atoms with van der Waals surface area (Å²) in [5.41, 5.74) is 10.9. The zero-order valence-corrected chi connectivity index (χ0v) is 35.3. The third kappa shape index (κ3) is 11.6. The fraction of sp³-hybridized carbons (Fsp3) is 0.151. The van der Waals surface area contributed by atoms with Crippen molar-refractivity contribution in [3.63, 3.8) is 0 Å². The van der Waals surface area contributed by atoms with Crippen molar-refractivity contribution in [1.29, 1.82) is 0 Å². The zero-order valence-electron chi connectivity index (χ0n) is 35.3. The van der Waals surface area contributed by atoms with Crippen molar-refractivity contribution in [2.75, 3.05) is 6.54 Å². The molecule has 0 saturated heterocycles. The molecule has 3 aromatic heterocycles. The SMILES string of the molecule is c1cc(CCc2ccc(OCc3ccc4ccccc4n3)cc2)cc(CC2=NN=NC2)c1.c1cc(COc2cccc(OCc3ccc4ccccc4n3)c2)cc(Cc2ncn[nH]2)c1. The standard InChI is InChI=1S/C27H24N4O.C26H22N4O2/c1-2-7-27-23(6-1)12-13-24(29-27)19-32-26-14-10-20(11-15-26)8-9-21-4-3-5-22(16-21)17-25-18-28-31-30-25;1-2-10-25-21(7-1)11-12-22(29-25)17-32-24-9-4-8-23(15-24)31-16-20-6-3-5-19(13-20)14-26-27-18-28-30-26/h1-7,10-16H,8-9,17-19H2;1-13,15,18H,14,16-17H2,(H,27,28,30). The number of fused-ring (bicyclic) bond motifs is 2. The second kappa shape index (κ2) is 20.7. The molecule has 4 heterocycles. The molecule has 64 heavy (non-hydrogen) atoms. The predicted molar refractivity (Wildman–Crippen MR) is 250 cm³/mol. The first-order valence-electron chi connectivity index (χ1n) is 21.3. The van der Waals surface area contributed by atoms with Gasteiger partial charge < -0.3 is 14.2 Å². The van der Waals surface area contributed by atoms with Crippen molar-refractivity contribution >= 4 is 27.5 Å². The van der Waals surface area contributed by atoms with E-state index in [1.807, 2.05) is 91.0 Å². The lowest BCUT2D eigenvalue weighted by Gasteiger charge is -2.10. The number of H-pyrrole nitrogens is 1. The highest BCUT2D eigenvalue weighted by atomic mass is 16.5. The first-order chi connectivity index (χ1) is 31.6. The predicted octanol–water partition coefficient (Wildman–Crippen LogP) is 11.1. The summed E-state index contributed by atoms with van der Waals surface area (Å²) in [7, 11) is 0. The lowest BCUT2D eigenvalue weighted by Crippen LogP contribution is -2.04. The molecule has 0 amide bonds. The maximum Gasteiger partial charge on any atom is 0.137 e. The van der Waals surface area contributed by atoms with E-state index in [9.17, 15) is 0 Å². The van der Waals surface area contributed by atoms with Crippen LogP contribution in [0.5, 0.6) is 17.2 Å². The molecule has 1 aliphatic heterocycles. The molecule has 9 aromatic rings. The van der Waals surface area contributed by atoms with E-state index in [1.54, 1.807) is 0 Å². The summed E-state index contributed by atoms with van der Waals surface area (Å²) in [4.78, 5) is 13.5. The molecule has 1 N–H and O–H groups in total. The van der Waals surface area contributed by atoms with Crippen LogP contribution in [0.2, 0.25) is 0 Å². The van der Waals surface area contributed by atoms with Crippen molar-refractivity contribution in [2.24, 2.45) is 15.4 Å². The maximum absolute atomic E-state index is 6.00. The first-order valence-corrected chi connectivity index (χ1v) is 21.3. The van der Waals surface area contributed by atoms with Gasteiger partial charge in [-0.25, -0.2) is 15.0 Å². The molecule has 11 heteroatoms. The number of hydrogen-bond donors (Lipinski definition) is 1. The molecule has 316 valence electrons. The van der Waals surface area contributed by atoms with E-state index in [-0.39, 0.29) is 0 Å². The molecule has 0 saturated carbocycles. The quantitative estimate of drug-likeness (QED) is 0.102. The fourth-order valence-electron chi connectivity index (χ4n) is 7.35. The molecule has 10 rings (SSSR count). The molecule has 0 aliphatic carbocycles. The zero-order chi connectivity index (χ0) is 43.2. The third-order valence-electron chi connectivity index (χ3n) is 10.7. The lowest BCUT2D eigenvalue weighted by atomic mass is 10.0. The molecule has 0 bridgehead atoms. The molecule has 0 fully saturated rings. The molecular formula is C53H46N8O3. The van der Waals surface area contributed by atoms with Crippen molar-refractivity contribution < 1.29 is 14.2 Å². The average molecular weight is 843 g/mol. The second-order valence-corrected chi connectivity index (χ2v) is 15.5. The summed E-state index contributed by atoms with van der Waals surface area (Å²) in [6.07, 6.45) is 5.03. The summed E-state index contributed by atoms with van der Waals surface area (Å²) in [5, 5.41) is 20.7.